The first-order valence-electron chi connectivity index (χ1n) is 11.2. The van der Waals surface area contributed by atoms with Gasteiger partial charge in [0.1, 0.15) is 0 Å². The molecule has 1 aliphatic carbocycles. The van der Waals surface area contributed by atoms with Gasteiger partial charge in [-0.2, -0.15) is 5.10 Å². The van der Waals surface area contributed by atoms with Crippen LogP contribution in [0.25, 0.3) is 38.6 Å². The smallest absolute Gasteiger partial charge is 0.265 e. The highest BCUT2D eigenvalue weighted by Crippen LogP contribution is 2.39. The van der Waals surface area contributed by atoms with Crippen molar-refractivity contribution in [3.05, 3.63) is 77.1 Å². The Bertz CT molecular complexity index is 1560. The van der Waals surface area contributed by atoms with Crippen molar-refractivity contribution in [1.29, 1.82) is 0 Å². The van der Waals surface area contributed by atoms with Crippen molar-refractivity contribution in [2.75, 3.05) is 6.61 Å². The van der Waals surface area contributed by atoms with Gasteiger partial charge in [0, 0.05) is 65.3 Å². The van der Waals surface area contributed by atoms with Crippen LogP contribution in [0, 0.1) is 0 Å². The largest absolute Gasteiger partial charge is 0.478 e. The highest BCUT2D eigenvalue weighted by Gasteiger charge is 2.25. The normalized spacial score (nSPS) is 13.6. The number of benzene rings is 1. The molecule has 4 aromatic heterocycles. The molecule has 4 heterocycles. The molecule has 6 rings (SSSR count). The lowest BCUT2D eigenvalue weighted by atomic mass is 10.0. The second-order valence-electron chi connectivity index (χ2n) is 8.49. The summed E-state index contributed by atoms with van der Waals surface area (Å²) < 4.78 is 9.08. The van der Waals surface area contributed by atoms with Crippen molar-refractivity contribution >= 4 is 21.8 Å². The molecule has 0 atom stereocenters. The van der Waals surface area contributed by atoms with Crippen LogP contribution in [0.4, 0.5) is 0 Å². The van der Waals surface area contributed by atoms with E-state index in [4.69, 9.17) is 4.74 Å². The van der Waals surface area contributed by atoms with Gasteiger partial charge in [-0.25, -0.2) is 4.98 Å². The van der Waals surface area contributed by atoms with Crippen molar-refractivity contribution in [3.63, 3.8) is 0 Å². The summed E-state index contributed by atoms with van der Waals surface area (Å²) in [5, 5.41) is 6.27. The molecule has 0 spiro atoms. The van der Waals surface area contributed by atoms with Crippen molar-refractivity contribution in [3.8, 4) is 22.7 Å². The van der Waals surface area contributed by atoms with Crippen LogP contribution >= 0.6 is 0 Å². The third-order valence-corrected chi connectivity index (χ3v) is 6.08. The van der Waals surface area contributed by atoms with Crippen molar-refractivity contribution < 1.29 is 4.74 Å². The van der Waals surface area contributed by atoms with Crippen LogP contribution in [-0.4, -0.2) is 30.9 Å². The molecular formula is C26H23N5O2. The van der Waals surface area contributed by atoms with Crippen molar-refractivity contribution in [1.82, 2.24) is 24.3 Å². The van der Waals surface area contributed by atoms with Crippen LogP contribution in [-0.2, 0) is 7.05 Å². The summed E-state index contributed by atoms with van der Waals surface area (Å²) in [5.74, 6) is 1.06. The summed E-state index contributed by atoms with van der Waals surface area (Å²) in [7, 11) is 1.89. The zero-order valence-electron chi connectivity index (χ0n) is 18.5. The molecule has 0 aliphatic heterocycles. The molecule has 7 heteroatoms. The number of nitrogens with zero attached hydrogens (tertiary/aromatic N) is 5. The Morgan fingerprint density at radius 3 is 2.70 bits per heavy atom. The topological polar surface area (TPSA) is 74.8 Å². The average Bonchev–Trinajstić information content (AvgIpc) is 3.60. The average molecular weight is 438 g/mol. The van der Waals surface area contributed by atoms with Gasteiger partial charge in [-0.05, 0) is 50.1 Å². The number of aryl methyl sites for hydroxylation is 1. The Morgan fingerprint density at radius 2 is 1.94 bits per heavy atom. The van der Waals surface area contributed by atoms with E-state index in [0.29, 0.717) is 29.5 Å². The van der Waals surface area contributed by atoms with E-state index in [2.05, 4.69) is 15.1 Å². The van der Waals surface area contributed by atoms with Crippen LogP contribution in [0.3, 0.4) is 0 Å². The van der Waals surface area contributed by atoms with E-state index >= 15 is 0 Å². The molecule has 1 aliphatic rings. The van der Waals surface area contributed by atoms with Crippen LogP contribution in [0.2, 0.25) is 0 Å². The molecule has 0 bridgehead atoms. The van der Waals surface area contributed by atoms with Crippen LogP contribution in [0.1, 0.15) is 31.4 Å². The van der Waals surface area contributed by atoms with E-state index in [1.807, 2.05) is 68.8 Å². The van der Waals surface area contributed by atoms with E-state index in [0.717, 1.165) is 33.2 Å². The van der Waals surface area contributed by atoms with Gasteiger partial charge in [-0.1, -0.05) is 6.07 Å². The van der Waals surface area contributed by atoms with Gasteiger partial charge >= 0.3 is 0 Å². The van der Waals surface area contributed by atoms with Crippen molar-refractivity contribution in [2.24, 2.45) is 7.05 Å². The van der Waals surface area contributed by atoms with Gasteiger partial charge in [0.25, 0.3) is 5.56 Å². The van der Waals surface area contributed by atoms with Crippen LogP contribution in [0.15, 0.2) is 65.8 Å². The fourth-order valence-corrected chi connectivity index (χ4v) is 4.32. The Labute approximate surface area is 190 Å². The molecule has 164 valence electrons. The maximum atomic E-state index is 13.9. The Kier molecular flexibility index (Phi) is 4.50. The first-order chi connectivity index (χ1) is 16.1. The zero-order valence-corrected chi connectivity index (χ0v) is 18.5. The standard InChI is InChI=1S/C26H23N5O2/c1-3-33-23-11-7-18-15-31(20-8-10-22-19(12-20)14-30(2)29-22)26(32)24(25(18)28-23)17-6-9-21(27-13-17)16-4-5-16/h6-16H,3-5H2,1-2H3. The lowest BCUT2D eigenvalue weighted by Gasteiger charge is -2.13. The molecule has 0 N–H and O–H groups in total. The van der Waals surface area contributed by atoms with Gasteiger partial charge < -0.3 is 4.74 Å². The lowest BCUT2D eigenvalue weighted by Crippen LogP contribution is -2.20. The van der Waals surface area contributed by atoms with E-state index < -0.39 is 0 Å². The second-order valence-corrected chi connectivity index (χ2v) is 8.49. The van der Waals surface area contributed by atoms with Gasteiger partial charge in [0.05, 0.1) is 23.2 Å². The molecule has 1 aromatic carbocycles. The van der Waals surface area contributed by atoms with E-state index in [1.165, 1.54) is 12.8 Å². The zero-order chi connectivity index (χ0) is 22.5. The highest BCUT2D eigenvalue weighted by molar-refractivity contribution is 5.93. The minimum absolute atomic E-state index is 0.145. The molecule has 7 nitrogen and oxygen atoms in total. The summed E-state index contributed by atoms with van der Waals surface area (Å²) in [6.07, 6.45) is 7.95. The van der Waals surface area contributed by atoms with Crippen LogP contribution < -0.4 is 10.3 Å². The Balaban J connectivity index is 1.59. The first kappa shape index (κ1) is 19.7. The quantitative estimate of drug-likeness (QED) is 0.401. The van der Waals surface area contributed by atoms with E-state index in [-0.39, 0.29) is 5.56 Å². The number of pyridine rings is 3. The number of aromatic nitrogens is 5. The number of fused-ring (bicyclic) bond motifs is 2. The second kappa shape index (κ2) is 7.55. The van der Waals surface area contributed by atoms with Crippen molar-refractivity contribution in [2.45, 2.75) is 25.7 Å². The minimum Gasteiger partial charge on any atom is -0.478 e. The number of rotatable bonds is 5. The first-order valence-corrected chi connectivity index (χ1v) is 11.2. The number of hydrogen-bond acceptors (Lipinski definition) is 5. The summed E-state index contributed by atoms with van der Waals surface area (Å²) >= 11 is 0. The fourth-order valence-electron chi connectivity index (χ4n) is 4.32. The maximum Gasteiger partial charge on any atom is 0.265 e. The summed E-state index contributed by atoms with van der Waals surface area (Å²) in [4.78, 5) is 23.2. The molecular weight excluding hydrogens is 414 g/mol. The molecule has 1 fully saturated rings. The van der Waals surface area contributed by atoms with Gasteiger partial charge in [0.15, 0.2) is 0 Å². The van der Waals surface area contributed by atoms with Crippen LogP contribution in [0.5, 0.6) is 5.88 Å². The number of hydrogen-bond donors (Lipinski definition) is 0. The predicted octanol–water partition coefficient (Wildman–Crippen LogP) is 4.61. The summed E-state index contributed by atoms with van der Waals surface area (Å²) in [5.41, 5.74) is 4.50. The summed E-state index contributed by atoms with van der Waals surface area (Å²) in [6, 6.07) is 13.6. The Morgan fingerprint density at radius 1 is 1.06 bits per heavy atom. The molecule has 1 saturated carbocycles. The summed E-state index contributed by atoms with van der Waals surface area (Å²) in [6.45, 7) is 2.42. The van der Waals surface area contributed by atoms with E-state index in [9.17, 15) is 4.79 Å². The predicted molar refractivity (Wildman–Crippen MR) is 128 cm³/mol. The lowest BCUT2D eigenvalue weighted by molar-refractivity contribution is 0.328. The monoisotopic (exact) mass is 437 g/mol. The molecule has 0 radical (unpaired) electrons. The molecule has 0 unspecified atom stereocenters. The van der Waals surface area contributed by atoms with E-state index in [1.54, 1.807) is 15.4 Å². The van der Waals surface area contributed by atoms with Gasteiger partial charge in [-0.3, -0.25) is 19.0 Å². The van der Waals surface area contributed by atoms with Gasteiger partial charge in [-0.15, -0.1) is 0 Å². The highest BCUT2D eigenvalue weighted by atomic mass is 16.5. The third kappa shape index (κ3) is 3.46. The third-order valence-electron chi connectivity index (χ3n) is 6.08. The molecule has 0 amide bonds. The molecule has 33 heavy (non-hydrogen) atoms. The number of ether oxygens (including phenoxy) is 1. The SMILES string of the molecule is CCOc1ccc2cn(-c3ccc4nn(C)cc4c3)c(=O)c(-c3ccc(C4CC4)nc3)c2n1. The molecule has 5 aromatic rings. The van der Waals surface area contributed by atoms with Gasteiger partial charge in [0.2, 0.25) is 5.88 Å². The maximum absolute atomic E-state index is 13.9. The fraction of sp³-hybridized carbons (Fsp3) is 0.231. The Hall–Kier alpha value is -4.00. The minimum atomic E-state index is -0.145. The molecule has 0 saturated heterocycles.